The quantitative estimate of drug-likeness (QED) is 0.834. The van der Waals surface area contributed by atoms with Crippen LogP contribution in [-0.4, -0.2) is 11.8 Å². The van der Waals surface area contributed by atoms with E-state index < -0.39 is 5.91 Å². The summed E-state index contributed by atoms with van der Waals surface area (Å²) in [5, 5.41) is 0. The first-order valence-electron chi connectivity index (χ1n) is 5.48. The third-order valence-electron chi connectivity index (χ3n) is 2.50. The maximum absolute atomic E-state index is 11.8. The second-order valence-electron chi connectivity index (χ2n) is 3.81. The minimum Gasteiger partial charge on any atom is -0.469 e. The molecule has 1 aromatic heterocycles. The predicted octanol–water partition coefficient (Wildman–Crippen LogP) is 2.43. The lowest BCUT2D eigenvalue weighted by molar-refractivity contribution is 0.0845. The molecule has 0 saturated carbocycles. The summed E-state index contributed by atoms with van der Waals surface area (Å²) >= 11 is 3.28. The second kappa shape index (κ2) is 5.71. The summed E-state index contributed by atoms with van der Waals surface area (Å²) in [6.07, 6.45) is 1.42. The molecule has 1 heterocycles. The van der Waals surface area contributed by atoms with Gasteiger partial charge in [0.25, 0.3) is 11.8 Å². The smallest absolute Gasteiger partial charge is 0.273 e. The van der Waals surface area contributed by atoms with Crippen molar-refractivity contribution < 1.29 is 14.0 Å². The van der Waals surface area contributed by atoms with Crippen molar-refractivity contribution >= 4 is 27.7 Å². The molecular weight excluding hydrogens is 312 g/mol. The number of hydrogen-bond donors (Lipinski definition) is 2. The molecule has 0 aliphatic rings. The highest BCUT2D eigenvalue weighted by molar-refractivity contribution is 9.10. The van der Waals surface area contributed by atoms with Crippen LogP contribution in [-0.2, 0) is 0 Å². The van der Waals surface area contributed by atoms with Gasteiger partial charge in [0.15, 0.2) is 0 Å². The average Bonchev–Trinajstić information content (AvgIpc) is 2.83. The molecule has 98 valence electrons. The Morgan fingerprint density at radius 1 is 1.05 bits per heavy atom. The van der Waals surface area contributed by atoms with Gasteiger partial charge in [0, 0.05) is 10.0 Å². The summed E-state index contributed by atoms with van der Waals surface area (Å²) in [5.74, 6) is -0.311. The van der Waals surface area contributed by atoms with E-state index in [1.54, 1.807) is 31.2 Å². The minimum absolute atomic E-state index is 0.385. The van der Waals surface area contributed by atoms with Crippen LogP contribution in [0.25, 0.3) is 0 Å². The maximum atomic E-state index is 11.8. The molecule has 2 rings (SSSR count). The van der Waals surface area contributed by atoms with Crippen LogP contribution < -0.4 is 10.9 Å². The Bertz CT molecular complexity index is 605. The molecule has 0 fully saturated rings. The number of rotatable bonds is 2. The lowest BCUT2D eigenvalue weighted by atomic mass is 10.2. The summed E-state index contributed by atoms with van der Waals surface area (Å²) in [6, 6.07) is 8.33. The molecule has 1 aromatic carbocycles. The molecule has 0 bridgehead atoms. The van der Waals surface area contributed by atoms with Gasteiger partial charge in [-0.25, -0.2) is 0 Å². The Morgan fingerprint density at radius 2 is 1.68 bits per heavy atom. The van der Waals surface area contributed by atoms with Gasteiger partial charge in [0.05, 0.1) is 11.8 Å². The molecule has 0 atom stereocenters. The topological polar surface area (TPSA) is 71.3 Å². The Balaban J connectivity index is 1.96. The number of nitrogens with one attached hydrogen (secondary N) is 2. The highest BCUT2D eigenvalue weighted by Crippen LogP contribution is 2.10. The molecular formula is C13H11BrN2O3. The maximum Gasteiger partial charge on any atom is 0.273 e. The van der Waals surface area contributed by atoms with Gasteiger partial charge >= 0.3 is 0 Å². The van der Waals surface area contributed by atoms with E-state index in [4.69, 9.17) is 4.42 Å². The SMILES string of the molecule is Cc1occc1C(=O)NNC(=O)c1ccc(Br)cc1. The molecule has 0 unspecified atom stereocenters. The van der Waals surface area contributed by atoms with Crippen molar-refractivity contribution in [1.82, 2.24) is 10.9 Å². The van der Waals surface area contributed by atoms with Crippen LogP contribution in [0, 0.1) is 6.92 Å². The molecule has 5 nitrogen and oxygen atoms in total. The normalized spacial score (nSPS) is 10.0. The average molecular weight is 323 g/mol. The van der Waals surface area contributed by atoms with Gasteiger partial charge in [-0.3, -0.25) is 20.4 Å². The van der Waals surface area contributed by atoms with Gasteiger partial charge in [-0.2, -0.15) is 0 Å². The highest BCUT2D eigenvalue weighted by Gasteiger charge is 2.12. The van der Waals surface area contributed by atoms with E-state index in [-0.39, 0.29) is 5.91 Å². The molecule has 19 heavy (non-hydrogen) atoms. The zero-order valence-corrected chi connectivity index (χ0v) is 11.7. The third kappa shape index (κ3) is 3.23. The Morgan fingerprint density at radius 3 is 2.26 bits per heavy atom. The number of aryl methyl sites for hydroxylation is 1. The molecule has 2 amide bonds. The van der Waals surface area contributed by atoms with Gasteiger partial charge in [0.2, 0.25) is 0 Å². The molecule has 0 saturated heterocycles. The fourth-order valence-electron chi connectivity index (χ4n) is 1.47. The molecule has 2 N–H and O–H groups in total. The Hall–Kier alpha value is -2.08. The number of benzene rings is 1. The zero-order chi connectivity index (χ0) is 13.8. The molecule has 0 spiro atoms. The fraction of sp³-hybridized carbons (Fsp3) is 0.0769. The highest BCUT2D eigenvalue weighted by atomic mass is 79.9. The van der Waals surface area contributed by atoms with Crippen molar-refractivity contribution in [2.45, 2.75) is 6.92 Å². The number of amides is 2. The minimum atomic E-state index is -0.420. The molecule has 2 aromatic rings. The van der Waals surface area contributed by atoms with E-state index in [1.807, 2.05) is 0 Å². The second-order valence-corrected chi connectivity index (χ2v) is 4.72. The number of furan rings is 1. The zero-order valence-electron chi connectivity index (χ0n) is 10.1. The van der Waals surface area contributed by atoms with E-state index in [1.165, 1.54) is 12.3 Å². The van der Waals surface area contributed by atoms with Crippen molar-refractivity contribution in [2.75, 3.05) is 0 Å². The molecule has 0 aliphatic heterocycles. The first-order chi connectivity index (χ1) is 9.08. The van der Waals surface area contributed by atoms with E-state index in [0.29, 0.717) is 16.9 Å². The van der Waals surface area contributed by atoms with Crippen molar-refractivity contribution in [1.29, 1.82) is 0 Å². The van der Waals surface area contributed by atoms with Crippen LogP contribution in [0.15, 0.2) is 45.5 Å². The van der Waals surface area contributed by atoms with Gasteiger partial charge in [-0.05, 0) is 37.3 Å². The van der Waals surface area contributed by atoms with Crippen molar-refractivity contribution in [2.24, 2.45) is 0 Å². The Labute approximate surface area is 118 Å². The Kier molecular flexibility index (Phi) is 4.01. The number of hydrogen-bond acceptors (Lipinski definition) is 3. The first kappa shape index (κ1) is 13.4. The standard InChI is InChI=1S/C13H11BrN2O3/c1-8-11(6-7-19-8)13(18)16-15-12(17)9-2-4-10(14)5-3-9/h2-7H,1H3,(H,15,17)(H,16,18). The largest absolute Gasteiger partial charge is 0.469 e. The summed E-state index contributed by atoms with van der Waals surface area (Å²) in [5.41, 5.74) is 5.50. The van der Waals surface area contributed by atoms with E-state index in [0.717, 1.165) is 4.47 Å². The van der Waals surface area contributed by atoms with Gasteiger partial charge in [-0.15, -0.1) is 0 Å². The molecule has 0 radical (unpaired) electrons. The summed E-state index contributed by atoms with van der Waals surface area (Å²) in [6.45, 7) is 1.67. The van der Waals surface area contributed by atoms with E-state index >= 15 is 0 Å². The summed E-state index contributed by atoms with van der Waals surface area (Å²) in [7, 11) is 0. The van der Waals surface area contributed by atoms with Gasteiger partial charge in [-0.1, -0.05) is 15.9 Å². The van der Waals surface area contributed by atoms with Crippen LogP contribution in [0.4, 0.5) is 0 Å². The van der Waals surface area contributed by atoms with Crippen LogP contribution >= 0.6 is 15.9 Å². The number of carbonyl (C=O) groups excluding carboxylic acids is 2. The van der Waals surface area contributed by atoms with E-state index in [2.05, 4.69) is 26.8 Å². The van der Waals surface area contributed by atoms with Crippen molar-refractivity contribution in [3.8, 4) is 0 Å². The van der Waals surface area contributed by atoms with E-state index in [9.17, 15) is 9.59 Å². The lowest BCUT2D eigenvalue weighted by Gasteiger charge is -2.06. The monoisotopic (exact) mass is 322 g/mol. The summed E-state index contributed by atoms with van der Waals surface area (Å²) < 4.78 is 5.89. The molecule has 0 aliphatic carbocycles. The number of halogens is 1. The van der Waals surface area contributed by atoms with Crippen LogP contribution in [0.1, 0.15) is 26.5 Å². The number of carbonyl (C=O) groups is 2. The lowest BCUT2D eigenvalue weighted by Crippen LogP contribution is -2.41. The summed E-state index contributed by atoms with van der Waals surface area (Å²) in [4.78, 5) is 23.5. The van der Waals surface area contributed by atoms with Crippen molar-refractivity contribution in [3.05, 3.63) is 58.0 Å². The van der Waals surface area contributed by atoms with Crippen LogP contribution in [0.5, 0.6) is 0 Å². The van der Waals surface area contributed by atoms with Crippen LogP contribution in [0.3, 0.4) is 0 Å². The molecule has 6 heteroatoms. The first-order valence-corrected chi connectivity index (χ1v) is 6.27. The van der Waals surface area contributed by atoms with Crippen LogP contribution in [0.2, 0.25) is 0 Å². The predicted molar refractivity (Wildman–Crippen MR) is 72.5 cm³/mol. The van der Waals surface area contributed by atoms with Crippen molar-refractivity contribution in [3.63, 3.8) is 0 Å². The van der Waals surface area contributed by atoms with Gasteiger partial charge < -0.3 is 4.42 Å². The fourth-order valence-corrected chi connectivity index (χ4v) is 1.74. The van der Waals surface area contributed by atoms with Gasteiger partial charge in [0.1, 0.15) is 5.76 Å². The number of hydrazine groups is 1. The third-order valence-corrected chi connectivity index (χ3v) is 3.03.